The number of pyridine rings is 1. The zero-order valence-corrected chi connectivity index (χ0v) is 23.4. The van der Waals surface area contributed by atoms with Gasteiger partial charge in [0.15, 0.2) is 30.1 Å². The van der Waals surface area contributed by atoms with Crippen molar-refractivity contribution in [2.45, 2.75) is 0 Å². The number of fused-ring (bicyclic) bond motifs is 7. The van der Waals surface area contributed by atoms with Crippen LogP contribution in [0, 0.1) is 0 Å². The van der Waals surface area contributed by atoms with Gasteiger partial charge in [0, 0.05) is 44.6 Å². The molecule has 2 heterocycles. The Balaban J connectivity index is 1.24. The van der Waals surface area contributed by atoms with Gasteiger partial charge in [-0.15, -0.1) is 0 Å². The topological polar surface area (TPSA) is 48.4 Å². The van der Waals surface area contributed by atoms with Gasteiger partial charge in [-0.2, -0.15) is 0 Å². The Kier molecular flexibility index (Phi) is 5.70. The van der Waals surface area contributed by atoms with Crippen LogP contribution >= 0.6 is 7.14 Å². The molecule has 0 radical (unpaired) electrons. The van der Waals surface area contributed by atoms with E-state index in [1.165, 1.54) is 0 Å². The normalized spacial score (nSPS) is 12.3. The minimum absolute atomic E-state index is 0.625. The maximum absolute atomic E-state index is 14.9. The quantitative estimate of drug-likeness (QED) is 0.160. The predicted octanol–water partition coefficient (Wildman–Crippen LogP) is 8.59. The number of aromatic nitrogens is 1. The lowest BCUT2D eigenvalue weighted by Crippen LogP contribution is -2.25. The summed E-state index contributed by atoms with van der Waals surface area (Å²) >= 11 is 0. The molecule has 0 aliphatic carbocycles. The van der Waals surface area contributed by atoms with Crippen molar-refractivity contribution in [3.63, 3.8) is 0 Å². The molecule has 0 N–H and O–H groups in total. The molecular weight excluding hydrogens is 537 g/mol. The minimum Gasteiger partial charge on any atom is -0.449 e. The Morgan fingerprint density at radius 3 is 1.57 bits per heavy atom. The van der Waals surface area contributed by atoms with Gasteiger partial charge in [0.2, 0.25) is 0 Å². The number of benzene rings is 6. The Bertz CT molecular complexity index is 2130. The summed E-state index contributed by atoms with van der Waals surface area (Å²) in [5, 5.41) is 6.47. The van der Waals surface area contributed by atoms with Gasteiger partial charge in [0.1, 0.15) is 0 Å². The molecule has 4 nitrogen and oxygen atoms in total. The fourth-order valence-corrected chi connectivity index (χ4v) is 8.46. The van der Waals surface area contributed by atoms with Crippen molar-refractivity contribution in [3.8, 4) is 34.1 Å². The van der Waals surface area contributed by atoms with Crippen LogP contribution in [0.15, 0.2) is 146 Å². The first-order valence-corrected chi connectivity index (χ1v) is 15.5. The fourth-order valence-electron chi connectivity index (χ4n) is 5.83. The number of ether oxygens (including phenoxy) is 2. The molecule has 5 heteroatoms. The molecule has 8 rings (SSSR count). The Morgan fingerprint density at radius 1 is 0.452 bits per heavy atom. The van der Waals surface area contributed by atoms with Crippen LogP contribution in [0.1, 0.15) is 0 Å². The Labute approximate surface area is 243 Å². The minimum atomic E-state index is -3.16. The van der Waals surface area contributed by atoms with E-state index in [1.54, 1.807) is 12.4 Å². The molecule has 0 spiro atoms. The molecule has 1 aliphatic heterocycles. The van der Waals surface area contributed by atoms with Crippen LogP contribution in [0.5, 0.6) is 23.0 Å². The lowest BCUT2D eigenvalue weighted by molar-refractivity contribution is 0.367. The Morgan fingerprint density at radius 2 is 0.976 bits per heavy atom. The lowest BCUT2D eigenvalue weighted by atomic mass is 9.99. The van der Waals surface area contributed by atoms with Crippen molar-refractivity contribution in [1.82, 2.24) is 4.98 Å². The second kappa shape index (κ2) is 9.73. The standard InChI is InChI=1S/C37H24NO3P/c39-42(27-11-3-1-4-12-27,28-13-5-2-6-14-28)29-21-26(23-38-24-29)25-19-20-34-35(22-25)41-37-33-18-10-8-16-31(33)30-15-7-9-17-32(30)36(37)40-34/h1-24H. The van der Waals surface area contributed by atoms with Crippen molar-refractivity contribution >= 4 is 44.6 Å². The van der Waals surface area contributed by atoms with Crippen LogP contribution in [0.25, 0.3) is 32.7 Å². The molecule has 1 aliphatic rings. The molecule has 6 aromatic carbocycles. The van der Waals surface area contributed by atoms with Gasteiger partial charge in [-0.3, -0.25) is 4.98 Å². The van der Waals surface area contributed by atoms with Crippen molar-refractivity contribution in [1.29, 1.82) is 0 Å². The van der Waals surface area contributed by atoms with Crippen LogP contribution in [0.4, 0.5) is 0 Å². The van der Waals surface area contributed by atoms with E-state index in [4.69, 9.17) is 9.47 Å². The van der Waals surface area contributed by atoms with E-state index in [2.05, 4.69) is 29.2 Å². The first kappa shape index (κ1) is 24.6. The van der Waals surface area contributed by atoms with Crippen LogP contribution in [-0.4, -0.2) is 4.98 Å². The average Bonchev–Trinajstić information content (AvgIpc) is 3.08. The number of hydrogen-bond acceptors (Lipinski definition) is 4. The van der Waals surface area contributed by atoms with E-state index in [-0.39, 0.29) is 0 Å². The van der Waals surface area contributed by atoms with Gasteiger partial charge in [0.05, 0.1) is 0 Å². The maximum atomic E-state index is 14.9. The van der Waals surface area contributed by atoms with Gasteiger partial charge in [-0.05, 0) is 34.5 Å². The molecule has 0 atom stereocenters. The summed E-state index contributed by atoms with van der Waals surface area (Å²) in [4.78, 5) is 4.56. The van der Waals surface area contributed by atoms with Crippen LogP contribution in [0.3, 0.4) is 0 Å². The highest BCUT2D eigenvalue weighted by Gasteiger charge is 2.30. The number of rotatable bonds is 4. The second-order valence-electron chi connectivity index (χ2n) is 10.3. The molecule has 200 valence electrons. The fraction of sp³-hybridized carbons (Fsp3) is 0. The van der Waals surface area contributed by atoms with Gasteiger partial charge < -0.3 is 14.0 Å². The van der Waals surface area contributed by atoms with Crippen molar-refractivity contribution in [3.05, 3.63) is 146 Å². The SMILES string of the molecule is O=P(c1ccccc1)(c1ccccc1)c1cncc(-c2ccc3c(c2)Oc2c(c4ccccc4c4ccccc24)O3)c1. The first-order valence-electron chi connectivity index (χ1n) is 13.8. The molecule has 0 bridgehead atoms. The highest BCUT2D eigenvalue weighted by Crippen LogP contribution is 2.53. The highest BCUT2D eigenvalue weighted by atomic mass is 31.2. The van der Waals surface area contributed by atoms with Crippen LogP contribution in [0.2, 0.25) is 0 Å². The van der Waals surface area contributed by atoms with Crippen molar-refractivity contribution < 1.29 is 14.0 Å². The monoisotopic (exact) mass is 561 g/mol. The maximum Gasteiger partial charge on any atom is 0.178 e. The van der Waals surface area contributed by atoms with E-state index in [0.29, 0.717) is 22.6 Å². The van der Waals surface area contributed by atoms with Crippen molar-refractivity contribution in [2.75, 3.05) is 0 Å². The largest absolute Gasteiger partial charge is 0.449 e. The van der Waals surface area contributed by atoms with Crippen LogP contribution in [-0.2, 0) is 4.57 Å². The average molecular weight is 562 g/mol. The summed E-state index contributed by atoms with van der Waals surface area (Å²) in [6.45, 7) is 0. The van der Waals surface area contributed by atoms with Gasteiger partial charge in [-0.1, -0.05) is 115 Å². The predicted molar refractivity (Wildman–Crippen MR) is 171 cm³/mol. The molecule has 0 saturated heterocycles. The van der Waals surface area contributed by atoms with E-state index in [9.17, 15) is 4.57 Å². The number of hydrogen-bond donors (Lipinski definition) is 0. The summed E-state index contributed by atoms with van der Waals surface area (Å²) in [5.74, 6) is 2.70. The molecule has 7 aromatic rings. The summed E-state index contributed by atoms with van der Waals surface area (Å²) < 4.78 is 28.0. The molecule has 42 heavy (non-hydrogen) atoms. The van der Waals surface area contributed by atoms with Gasteiger partial charge in [0.25, 0.3) is 0 Å². The second-order valence-corrected chi connectivity index (χ2v) is 13.1. The lowest BCUT2D eigenvalue weighted by Gasteiger charge is -2.24. The molecule has 1 aromatic heterocycles. The molecular formula is C37H24NO3P. The van der Waals surface area contributed by atoms with E-state index >= 15 is 0 Å². The van der Waals surface area contributed by atoms with E-state index < -0.39 is 7.14 Å². The zero-order valence-electron chi connectivity index (χ0n) is 22.5. The zero-order chi connectivity index (χ0) is 28.1. The Hall–Kier alpha value is -5.18. The molecule has 0 fully saturated rings. The third kappa shape index (κ3) is 3.84. The van der Waals surface area contributed by atoms with Crippen LogP contribution < -0.4 is 25.4 Å². The molecule has 0 unspecified atom stereocenters. The molecule has 0 amide bonds. The van der Waals surface area contributed by atoms with Gasteiger partial charge in [-0.25, -0.2) is 0 Å². The van der Waals surface area contributed by atoms with Gasteiger partial charge >= 0.3 is 0 Å². The van der Waals surface area contributed by atoms with Crippen molar-refractivity contribution in [2.24, 2.45) is 0 Å². The van der Waals surface area contributed by atoms with E-state index in [1.807, 2.05) is 109 Å². The molecule has 0 saturated carbocycles. The summed E-state index contributed by atoms with van der Waals surface area (Å²) in [5.41, 5.74) is 1.74. The number of nitrogens with zero attached hydrogens (tertiary/aromatic N) is 1. The smallest absolute Gasteiger partial charge is 0.178 e. The third-order valence-electron chi connectivity index (χ3n) is 7.87. The third-order valence-corrected chi connectivity index (χ3v) is 10.9. The summed E-state index contributed by atoms with van der Waals surface area (Å²) in [6, 6.07) is 43.6. The first-order chi connectivity index (χ1) is 20.7. The van der Waals surface area contributed by atoms with E-state index in [0.717, 1.165) is 49.0 Å². The summed E-state index contributed by atoms with van der Waals surface area (Å²) in [6.07, 6.45) is 3.52. The summed E-state index contributed by atoms with van der Waals surface area (Å²) in [7, 11) is -3.16. The highest BCUT2D eigenvalue weighted by molar-refractivity contribution is 7.85.